The van der Waals surface area contributed by atoms with Gasteiger partial charge in [0.05, 0.1) is 0 Å². The molecule has 1 aromatic carbocycles. The zero-order valence-corrected chi connectivity index (χ0v) is 8.08. The molecule has 1 heterocycles. The predicted molar refractivity (Wildman–Crippen MR) is 53.1 cm³/mol. The third-order valence-corrected chi connectivity index (χ3v) is 2.83. The normalized spacial score (nSPS) is 26.8. The molecular weight excluding hydrogens is 178 g/mol. The number of carbonyl (C=O) groups excluding carboxylic acids is 1. The Hall–Kier alpha value is -1.35. The lowest BCUT2D eigenvalue weighted by Crippen LogP contribution is -2.38. The van der Waals surface area contributed by atoms with Crippen LogP contribution in [0.3, 0.4) is 0 Å². The van der Waals surface area contributed by atoms with E-state index in [4.69, 9.17) is 0 Å². The van der Waals surface area contributed by atoms with Crippen LogP contribution < -0.4 is 5.32 Å². The SMILES string of the molecule is CC1(c2ccccc2O)NCCC1=O. The molecule has 1 aliphatic heterocycles. The molecule has 0 bridgehead atoms. The van der Waals surface area contributed by atoms with Gasteiger partial charge in [-0.15, -0.1) is 0 Å². The second-order valence-electron chi connectivity index (χ2n) is 3.74. The average molecular weight is 191 g/mol. The molecule has 14 heavy (non-hydrogen) atoms. The highest BCUT2D eigenvalue weighted by molar-refractivity contribution is 5.92. The number of hydrogen-bond donors (Lipinski definition) is 2. The number of phenolic OH excluding ortho intramolecular Hbond substituents is 1. The summed E-state index contributed by atoms with van der Waals surface area (Å²) in [4.78, 5) is 11.7. The van der Waals surface area contributed by atoms with Gasteiger partial charge in [-0.05, 0) is 13.0 Å². The lowest BCUT2D eigenvalue weighted by molar-refractivity contribution is -0.122. The van der Waals surface area contributed by atoms with Gasteiger partial charge in [0.2, 0.25) is 0 Å². The van der Waals surface area contributed by atoms with Crippen LogP contribution in [0.15, 0.2) is 24.3 Å². The van der Waals surface area contributed by atoms with Crippen molar-refractivity contribution in [3.8, 4) is 5.75 Å². The van der Waals surface area contributed by atoms with E-state index < -0.39 is 5.54 Å². The summed E-state index contributed by atoms with van der Waals surface area (Å²) in [5, 5.41) is 12.8. The number of nitrogens with one attached hydrogen (secondary N) is 1. The zero-order valence-electron chi connectivity index (χ0n) is 8.08. The lowest BCUT2D eigenvalue weighted by Gasteiger charge is -2.23. The average Bonchev–Trinajstić information content (AvgIpc) is 2.49. The maximum atomic E-state index is 11.7. The van der Waals surface area contributed by atoms with Crippen molar-refractivity contribution in [3.63, 3.8) is 0 Å². The summed E-state index contributed by atoms with van der Waals surface area (Å²) in [5.74, 6) is 0.316. The Labute approximate surface area is 82.8 Å². The number of Topliss-reactive ketones (excluding diaryl/α,β-unsaturated/α-hetero) is 1. The van der Waals surface area contributed by atoms with Gasteiger partial charge in [0.25, 0.3) is 0 Å². The summed E-state index contributed by atoms with van der Waals surface area (Å²) in [7, 11) is 0. The highest BCUT2D eigenvalue weighted by atomic mass is 16.3. The van der Waals surface area contributed by atoms with Crippen molar-refractivity contribution < 1.29 is 9.90 Å². The molecule has 74 valence electrons. The fourth-order valence-electron chi connectivity index (χ4n) is 1.92. The smallest absolute Gasteiger partial charge is 0.158 e. The molecule has 0 radical (unpaired) electrons. The molecule has 0 aliphatic carbocycles. The van der Waals surface area contributed by atoms with E-state index in [9.17, 15) is 9.90 Å². The number of aromatic hydroxyl groups is 1. The van der Waals surface area contributed by atoms with Gasteiger partial charge in [0.15, 0.2) is 5.78 Å². The van der Waals surface area contributed by atoms with E-state index in [0.29, 0.717) is 18.5 Å². The van der Waals surface area contributed by atoms with Crippen LogP contribution >= 0.6 is 0 Å². The topological polar surface area (TPSA) is 49.3 Å². The molecule has 0 saturated carbocycles. The molecule has 0 amide bonds. The fraction of sp³-hybridized carbons (Fsp3) is 0.364. The highest BCUT2D eigenvalue weighted by Gasteiger charge is 2.40. The Morgan fingerprint density at radius 1 is 1.43 bits per heavy atom. The van der Waals surface area contributed by atoms with Gasteiger partial charge in [-0.2, -0.15) is 0 Å². The molecule has 1 atom stereocenters. The number of ketones is 1. The van der Waals surface area contributed by atoms with E-state index >= 15 is 0 Å². The molecule has 0 spiro atoms. The van der Waals surface area contributed by atoms with Crippen molar-refractivity contribution in [2.24, 2.45) is 0 Å². The second kappa shape index (κ2) is 3.10. The van der Waals surface area contributed by atoms with Crippen molar-refractivity contribution in [1.29, 1.82) is 0 Å². The van der Waals surface area contributed by atoms with E-state index in [1.54, 1.807) is 18.2 Å². The Balaban J connectivity index is 2.48. The molecule has 2 rings (SSSR count). The van der Waals surface area contributed by atoms with Crippen LogP contribution in [0.25, 0.3) is 0 Å². The molecule has 1 unspecified atom stereocenters. The van der Waals surface area contributed by atoms with E-state index in [2.05, 4.69) is 5.32 Å². The van der Waals surface area contributed by atoms with E-state index in [-0.39, 0.29) is 11.5 Å². The van der Waals surface area contributed by atoms with Crippen molar-refractivity contribution >= 4 is 5.78 Å². The molecule has 1 saturated heterocycles. The first-order chi connectivity index (χ1) is 6.64. The number of benzene rings is 1. The van der Waals surface area contributed by atoms with Crippen LogP contribution in [0.1, 0.15) is 18.9 Å². The molecule has 3 nitrogen and oxygen atoms in total. The monoisotopic (exact) mass is 191 g/mol. The lowest BCUT2D eigenvalue weighted by atomic mass is 9.89. The highest BCUT2D eigenvalue weighted by Crippen LogP contribution is 2.32. The third kappa shape index (κ3) is 1.21. The number of para-hydroxylation sites is 1. The second-order valence-corrected chi connectivity index (χ2v) is 3.74. The summed E-state index contributed by atoms with van der Waals surface area (Å²) in [6, 6.07) is 6.97. The van der Waals surface area contributed by atoms with Crippen molar-refractivity contribution in [2.75, 3.05) is 6.54 Å². The number of rotatable bonds is 1. The summed E-state index contributed by atoms with van der Waals surface area (Å²) < 4.78 is 0. The Morgan fingerprint density at radius 3 is 2.71 bits per heavy atom. The van der Waals surface area contributed by atoms with Crippen LogP contribution in [0.5, 0.6) is 5.75 Å². The summed E-state index contributed by atoms with van der Waals surface area (Å²) in [6.07, 6.45) is 0.533. The first-order valence-electron chi connectivity index (χ1n) is 4.71. The first kappa shape index (κ1) is 9.21. The minimum absolute atomic E-state index is 0.138. The standard InChI is InChI=1S/C11H13NO2/c1-11(10(14)6-7-12-11)8-4-2-3-5-9(8)13/h2-5,12-13H,6-7H2,1H3. The van der Waals surface area contributed by atoms with Gasteiger partial charge in [-0.25, -0.2) is 0 Å². The van der Waals surface area contributed by atoms with Gasteiger partial charge in [0, 0.05) is 18.5 Å². The summed E-state index contributed by atoms with van der Waals surface area (Å²) in [5.41, 5.74) is -0.0341. The van der Waals surface area contributed by atoms with Crippen LogP contribution in [-0.4, -0.2) is 17.4 Å². The van der Waals surface area contributed by atoms with E-state index in [1.807, 2.05) is 13.0 Å². The third-order valence-electron chi connectivity index (χ3n) is 2.83. The number of carbonyl (C=O) groups is 1. The van der Waals surface area contributed by atoms with Crippen molar-refractivity contribution in [1.82, 2.24) is 5.32 Å². The van der Waals surface area contributed by atoms with Gasteiger partial charge < -0.3 is 10.4 Å². The number of phenols is 1. The molecule has 0 aromatic heterocycles. The van der Waals surface area contributed by atoms with Gasteiger partial charge in [-0.3, -0.25) is 4.79 Å². The summed E-state index contributed by atoms with van der Waals surface area (Å²) >= 11 is 0. The van der Waals surface area contributed by atoms with E-state index in [0.717, 1.165) is 0 Å². The van der Waals surface area contributed by atoms with Crippen molar-refractivity contribution in [3.05, 3.63) is 29.8 Å². The molecule has 3 heteroatoms. The van der Waals surface area contributed by atoms with Crippen LogP contribution in [-0.2, 0) is 10.3 Å². The van der Waals surface area contributed by atoms with Gasteiger partial charge in [0.1, 0.15) is 11.3 Å². The van der Waals surface area contributed by atoms with Crippen LogP contribution in [0, 0.1) is 0 Å². The Bertz CT molecular complexity index is 375. The fourth-order valence-corrected chi connectivity index (χ4v) is 1.92. The minimum Gasteiger partial charge on any atom is -0.508 e. The van der Waals surface area contributed by atoms with Crippen molar-refractivity contribution in [2.45, 2.75) is 18.9 Å². The summed E-state index contributed by atoms with van der Waals surface area (Å²) in [6.45, 7) is 2.50. The Kier molecular flexibility index (Phi) is 2.04. The Morgan fingerprint density at radius 2 is 2.14 bits per heavy atom. The quantitative estimate of drug-likeness (QED) is 0.700. The molecule has 1 aliphatic rings. The van der Waals surface area contributed by atoms with Gasteiger partial charge >= 0.3 is 0 Å². The largest absolute Gasteiger partial charge is 0.508 e. The molecular formula is C11H13NO2. The predicted octanol–water partition coefficient (Wildman–Crippen LogP) is 1.17. The first-order valence-corrected chi connectivity index (χ1v) is 4.71. The molecule has 1 fully saturated rings. The number of hydrogen-bond acceptors (Lipinski definition) is 3. The molecule has 1 aromatic rings. The van der Waals surface area contributed by atoms with Crippen LogP contribution in [0.4, 0.5) is 0 Å². The van der Waals surface area contributed by atoms with E-state index in [1.165, 1.54) is 0 Å². The maximum Gasteiger partial charge on any atom is 0.158 e. The maximum absolute atomic E-state index is 11.7. The van der Waals surface area contributed by atoms with Gasteiger partial charge in [-0.1, -0.05) is 18.2 Å². The minimum atomic E-state index is -0.703. The molecule has 2 N–H and O–H groups in total. The zero-order chi connectivity index (χ0) is 10.2. The van der Waals surface area contributed by atoms with Crippen LogP contribution in [0.2, 0.25) is 0 Å².